The number of carbonyl (C=O) groups excluding carboxylic acids is 2. The quantitative estimate of drug-likeness (QED) is 0.521. The molecule has 1 unspecified atom stereocenters. The van der Waals surface area contributed by atoms with Gasteiger partial charge in [-0.15, -0.1) is 0 Å². The van der Waals surface area contributed by atoms with E-state index in [-0.39, 0.29) is 40.4 Å². The summed E-state index contributed by atoms with van der Waals surface area (Å²) in [7, 11) is 1.45. The number of imidazole rings is 1. The van der Waals surface area contributed by atoms with E-state index in [1.807, 2.05) is 11.1 Å². The van der Waals surface area contributed by atoms with Gasteiger partial charge in [-0.1, -0.05) is 0 Å². The third-order valence-corrected chi connectivity index (χ3v) is 7.53. The average Bonchev–Trinajstić information content (AvgIpc) is 3.31. The predicted molar refractivity (Wildman–Crippen MR) is 128 cm³/mol. The van der Waals surface area contributed by atoms with Gasteiger partial charge in [0.15, 0.2) is 11.5 Å². The molecule has 1 aliphatic carbocycles. The highest BCUT2D eigenvalue weighted by atomic mass is 19.1. The third kappa shape index (κ3) is 4.45. The van der Waals surface area contributed by atoms with Crippen LogP contribution in [0.15, 0.2) is 24.5 Å². The minimum absolute atomic E-state index is 0.00948. The van der Waals surface area contributed by atoms with E-state index in [0.717, 1.165) is 37.1 Å². The zero-order chi connectivity index (χ0) is 25.6. The van der Waals surface area contributed by atoms with E-state index in [1.54, 1.807) is 6.07 Å². The van der Waals surface area contributed by atoms with Gasteiger partial charge in [0.05, 0.1) is 37.8 Å². The number of halogens is 1. The summed E-state index contributed by atoms with van der Waals surface area (Å²) in [5, 5.41) is 9.95. The van der Waals surface area contributed by atoms with Crippen molar-refractivity contribution in [2.24, 2.45) is 5.92 Å². The lowest BCUT2D eigenvalue weighted by atomic mass is 9.88. The van der Waals surface area contributed by atoms with E-state index in [9.17, 15) is 14.0 Å². The van der Waals surface area contributed by atoms with Gasteiger partial charge in [-0.2, -0.15) is 5.10 Å². The second-order valence-electron chi connectivity index (χ2n) is 9.86. The highest BCUT2D eigenvalue weighted by Crippen LogP contribution is 2.50. The van der Waals surface area contributed by atoms with Gasteiger partial charge in [-0.3, -0.25) is 14.7 Å². The van der Waals surface area contributed by atoms with Gasteiger partial charge >= 0.3 is 0 Å². The number of methoxy groups -OCH3 is 1. The second kappa shape index (κ2) is 9.25. The molecule has 1 saturated carbocycles. The first-order valence-corrected chi connectivity index (χ1v) is 12.4. The van der Waals surface area contributed by atoms with Crippen molar-refractivity contribution >= 4 is 11.8 Å². The van der Waals surface area contributed by atoms with Gasteiger partial charge in [-0.05, 0) is 31.7 Å². The Morgan fingerprint density at radius 2 is 2.19 bits per heavy atom. The molecule has 37 heavy (non-hydrogen) atoms. The fourth-order valence-corrected chi connectivity index (χ4v) is 5.35. The summed E-state index contributed by atoms with van der Waals surface area (Å²) < 4.78 is 26.9. The molecule has 0 bridgehead atoms. The molecule has 0 radical (unpaired) electrons. The highest BCUT2D eigenvalue weighted by Gasteiger charge is 2.54. The Morgan fingerprint density at radius 3 is 2.97 bits per heavy atom. The van der Waals surface area contributed by atoms with Crippen LogP contribution in [0.3, 0.4) is 0 Å². The molecule has 0 aromatic carbocycles. The fraction of sp³-hybridized carbons (Fsp3) is 0.480. The summed E-state index contributed by atoms with van der Waals surface area (Å²) in [4.78, 5) is 36.6. The lowest BCUT2D eigenvalue weighted by molar-refractivity contribution is -0.127. The Balaban J connectivity index is 1.10. The molecular weight excluding hydrogens is 481 g/mol. The summed E-state index contributed by atoms with van der Waals surface area (Å²) in [5.41, 5.74) is 1.30. The number of rotatable bonds is 6. The maximum absolute atomic E-state index is 14.3. The Kier molecular flexibility index (Phi) is 5.90. The largest absolute Gasteiger partial charge is 0.481 e. The van der Waals surface area contributed by atoms with Crippen LogP contribution < -0.4 is 10.1 Å². The molecule has 1 spiro atoms. The third-order valence-electron chi connectivity index (χ3n) is 7.53. The van der Waals surface area contributed by atoms with Gasteiger partial charge in [0, 0.05) is 42.4 Å². The Hall–Kier alpha value is -3.80. The van der Waals surface area contributed by atoms with Crippen LogP contribution in [0.4, 0.5) is 4.39 Å². The van der Waals surface area contributed by atoms with E-state index in [2.05, 4.69) is 30.0 Å². The first kappa shape index (κ1) is 23.6. The number of pyridine rings is 1. The summed E-state index contributed by atoms with van der Waals surface area (Å²) in [6.07, 6.45) is 5.92. The van der Waals surface area contributed by atoms with Crippen LogP contribution in [0.5, 0.6) is 5.88 Å². The van der Waals surface area contributed by atoms with E-state index in [4.69, 9.17) is 9.47 Å². The number of hydrogen-bond acceptors (Lipinski definition) is 7. The SMILES string of the molecule is COc1cc(-c2cc(C(=O)N3CCC(C(=O)NCc4cn5c(n4)COCC5)CC34CC4)n[nH]2)c(F)cn1. The molecule has 1 saturated heterocycles. The van der Waals surface area contributed by atoms with Gasteiger partial charge in [0.2, 0.25) is 11.8 Å². The minimum atomic E-state index is -0.544. The molecule has 3 aliphatic rings. The van der Waals surface area contributed by atoms with E-state index >= 15 is 0 Å². The summed E-state index contributed by atoms with van der Waals surface area (Å²) in [5.74, 6) is 0.207. The number of nitrogens with one attached hydrogen (secondary N) is 2. The first-order chi connectivity index (χ1) is 18.0. The standard InChI is InChI=1S/C25H28FN7O4/c1-36-22-8-17(18(26)12-27-22)19-9-20(31-30-19)24(35)33-5-2-15(10-25(33)3-4-25)23(34)28-11-16-13-32-6-7-37-14-21(32)29-16/h8-9,12-13,15H,2-7,10-11,14H2,1H3,(H,28,34)(H,30,31). The van der Waals surface area contributed by atoms with E-state index in [1.165, 1.54) is 13.2 Å². The number of H-pyrrole nitrogens is 1. The van der Waals surface area contributed by atoms with Gasteiger partial charge in [0.1, 0.15) is 12.4 Å². The molecule has 2 N–H and O–H groups in total. The number of carbonyl (C=O) groups is 2. The number of likely N-dealkylation sites (tertiary alicyclic amines) is 1. The molecule has 2 amide bonds. The number of ether oxygens (including phenoxy) is 2. The van der Waals surface area contributed by atoms with Gasteiger partial charge in [0.25, 0.3) is 5.91 Å². The normalized spacial score (nSPS) is 19.9. The van der Waals surface area contributed by atoms with Crippen molar-refractivity contribution in [1.29, 1.82) is 0 Å². The van der Waals surface area contributed by atoms with Crippen LogP contribution >= 0.6 is 0 Å². The average molecular weight is 510 g/mol. The van der Waals surface area contributed by atoms with Crippen molar-refractivity contribution in [3.63, 3.8) is 0 Å². The molecule has 2 aliphatic heterocycles. The van der Waals surface area contributed by atoms with Gasteiger partial charge in [-0.25, -0.2) is 14.4 Å². The van der Waals surface area contributed by atoms with Crippen LogP contribution in [0.2, 0.25) is 0 Å². The highest BCUT2D eigenvalue weighted by molar-refractivity contribution is 5.94. The molecule has 6 rings (SSSR count). The summed E-state index contributed by atoms with van der Waals surface area (Å²) in [6, 6.07) is 3.00. The lowest BCUT2D eigenvalue weighted by Gasteiger charge is -2.39. The van der Waals surface area contributed by atoms with Crippen molar-refractivity contribution in [3.8, 4) is 17.1 Å². The van der Waals surface area contributed by atoms with Crippen LogP contribution in [-0.4, -0.2) is 67.2 Å². The smallest absolute Gasteiger partial charge is 0.274 e. The number of amides is 2. The summed E-state index contributed by atoms with van der Waals surface area (Å²) >= 11 is 0. The zero-order valence-corrected chi connectivity index (χ0v) is 20.5. The van der Waals surface area contributed by atoms with Crippen molar-refractivity contribution in [3.05, 3.63) is 47.6 Å². The van der Waals surface area contributed by atoms with E-state index < -0.39 is 5.82 Å². The topological polar surface area (TPSA) is 127 Å². The van der Waals surface area contributed by atoms with Crippen molar-refractivity contribution in [2.75, 3.05) is 20.3 Å². The molecular formula is C25H28FN7O4. The molecule has 2 fully saturated rings. The van der Waals surface area contributed by atoms with Crippen molar-refractivity contribution in [2.45, 2.75) is 50.9 Å². The molecule has 3 aromatic heterocycles. The number of fused-ring (bicyclic) bond motifs is 1. The predicted octanol–water partition coefficient (Wildman–Crippen LogP) is 2.05. The Labute approximate surface area is 212 Å². The fourth-order valence-electron chi connectivity index (χ4n) is 5.35. The minimum Gasteiger partial charge on any atom is -0.481 e. The number of nitrogens with zero attached hydrogens (tertiary/aromatic N) is 5. The van der Waals surface area contributed by atoms with Crippen LogP contribution in [0, 0.1) is 11.7 Å². The number of aromatic nitrogens is 5. The first-order valence-electron chi connectivity index (χ1n) is 12.4. The van der Waals surface area contributed by atoms with Crippen molar-refractivity contribution < 1.29 is 23.5 Å². The number of aromatic amines is 1. The van der Waals surface area contributed by atoms with Crippen LogP contribution in [0.25, 0.3) is 11.3 Å². The molecule has 11 nitrogen and oxygen atoms in total. The number of hydrogen-bond donors (Lipinski definition) is 2. The Morgan fingerprint density at radius 1 is 1.32 bits per heavy atom. The van der Waals surface area contributed by atoms with Crippen LogP contribution in [0.1, 0.15) is 47.7 Å². The van der Waals surface area contributed by atoms with Gasteiger partial charge < -0.3 is 24.3 Å². The van der Waals surface area contributed by atoms with Crippen LogP contribution in [-0.2, 0) is 29.2 Å². The van der Waals surface area contributed by atoms with E-state index in [0.29, 0.717) is 44.8 Å². The Bertz CT molecular complexity index is 1330. The lowest BCUT2D eigenvalue weighted by Crippen LogP contribution is -2.50. The summed E-state index contributed by atoms with van der Waals surface area (Å²) in [6.45, 7) is 2.77. The molecule has 1 atom stereocenters. The second-order valence-corrected chi connectivity index (χ2v) is 9.86. The molecule has 5 heterocycles. The molecule has 12 heteroatoms. The molecule has 194 valence electrons. The molecule has 3 aromatic rings. The maximum Gasteiger partial charge on any atom is 0.274 e. The maximum atomic E-state index is 14.3. The van der Waals surface area contributed by atoms with Crippen molar-refractivity contribution in [1.82, 2.24) is 34.9 Å². The number of piperidine rings is 1. The monoisotopic (exact) mass is 509 g/mol. The zero-order valence-electron chi connectivity index (χ0n) is 20.5.